The molecule has 17 heavy (non-hydrogen) atoms. The number of nitrogen functional groups attached to an aromatic ring is 1. The Morgan fingerprint density at radius 3 is 2.88 bits per heavy atom. The molecule has 0 saturated carbocycles. The monoisotopic (exact) mass is 243 g/mol. The molecule has 0 spiro atoms. The van der Waals surface area contributed by atoms with E-state index in [0.29, 0.717) is 5.69 Å². The zero-order valence-corrected chi connectivity index (χ0v) is 9.61. The average molecular weight is 243 g/mol. The number of thiazole rings is 1. The number of benzene rings is 1. The van der Waals surface area contributed by atoms with Crippen LogP contribution in [0, 0.1) is 0 Å². The van der Waals surface area contributed by atoms with Crippen LogP contribution in [0.1, 0.15) is 0 Å². The summed E-state index contributed by atoms with van der Waals surface area (Å²) in [6.07, 6.45) is 1.74. The molecule has 3 N–H and O–H groups in total. The number of hydrogen-bond donors (Lipinski definition) is 2. The summed E-state index contributed by atoms with van der Waals surface area (Å²) in [4.78, 5) is 9.58. The number of hydrogen-bond acceptors (Lipinski definition) is 5. The predicted molar refractivity (Wildman–Crippen MR) is 68.9 cm³/mol. The van der Waals surface area contributed by atoms with Crippen molar-refractivity contribution in [3.05, 3.63) is 36.5 Å². The molecule has 0 unspecified atom stereocenters. The summed E-state index contributed by atoms with van der Waals surface area (Å²) < 4.78 is 0. The summed E-state index contributed by atoms with van der Waals surface area (Å²) in [7, 11) is 0. The number of phenolic OH excluding ortho intramolecular Hbond substituents is 1. The Bertz CT molecular complexity index is 660. The van der Waals surface area contributed by atoms with Crippen molar-refractivity contribution < 1.29 is 5.11 Å². The van der Waals surface area contributed by atoms with Crippen LogP contribution in [0.2, 0.25) is 0 Å². The lowest BCUT2D eigenvalue weighted by molar-refractivity contribution is 0.478. The Morgan fingerprint density at radius 2 is 2.12 bits per heavy atom. The molecule has 2 aromatic heterocycles. The minimum Gasteiger partial charge on any atom is -0.506 e. The molecule has 5 heteroatoms. The first kappa shape index (κ1) is 10.0. The van der Waals surface area contributed by atoms with Crippen LogP contribution in [-0.2, 0) is 0 Å². The number of rotatable bonds is 1. The number of anilines is 1. The highest BCUT2D eigenvalue weighted by molar-refractivity contribution is 7.21. The van der Waals surface area contributed by atoms with Gasteiger partial charge in [-0.15, -0.1) is 0 Å². The first-order valence-corrected chi connectivity index (χ1v) is 5.86. The normalized spacial score (nSPS) is 10.8. The van der Waals surface area contributed by atoms with Crippen LogP contribution >= 0.6 is 11.3 Å². The Hall–Kier alpha value is -2.14. The van der Waals surface area contributed by atoms with Crippen LogP contribution in [0.15, 0.2) is 36.5 Å². The van der Waals surface area contributed by atoms with Crippen molar-refractivity contribution in [2.24, 2.45) is 0 Å². The fourth-order valence-corrected chi connectivity index (χ4v) is 2.47. The fraction of sp³-hybridized carbons (Fsp3) is 0. The van der Waals surface area contributed by atoms with E-state index >= 15 is 0 Å². The molecule has 0 aliphatic heterocycles. The Kier molecular flexibility index (Phi) is 2.19. The van der Waals surface area contributed by atoms with E-state index in [2.05, 4.69) is 9.97 Å². The van der Waals surface area contributed by atoms with E-state index in [4.69, 9.17) is 5.73 Å². The third-order valence-electron chi connectivity index (χ3n) is 2.44. The fourth-order valence-electron chi connectivity index (χ4n) is 1.57. The molecule has 4 nitrogen and oxygen atoms in total. The zero-order valence-electron chi connectivity index (χ0n) is 8.79. The number of aromatic hydroxyl groups is 1. The van der Waals surface area contributed by atoms with Gasteiger partial charge >= 0.3 is 0 Å². The lowest BCUT2D eigenvalue weighted by Crippen LogP contribution is -1.85. The highest BCUT2D eigenvalue weighted by Gasteiger charge is 2.08. The second-order valence-electron chi connectivity index (χ2n) is 3.62. The van der Waals surface area contributed by atoms with Gasteiger partial charge in [-0.2, -0.15) is 0 Å². The highest BCUT2D eigenvalue weighted by atomic mass is 32.1. The SMILES string of the molecule is Nc1ccc(-c2nc3cccnc3s2)cc1O. The standard InChI is InChI=1S/C12H9N3OS/c13-8-4-3-7(6-10(8)16)11-15-9-2-1-5-14-12(9)17-11/h1-6,16H,13H2. The molecule has 0 saturated heterocycles. The van der Waals surface area contributed by atoms with E-state index in [1.54, 1.807) is 18.3 Å². The van der Waals surface area contributed by atoms with E-state index in [9.17, 15) is 5.11 Å². The molecular weight excluding hydrogens is 234 g/mol. The molecule has 0 atom stereocenters. The maximum absolute atomic E-state index is 9.57. The lowest BCUT2D eigenvalue weighted by atomic mass is 10.2. The van der Waals surface area contributed by atoms with Crippen molar-refractivity contribution in [2.45, 2.75) is 0 Å². The van der Waals surface area contributed by atoms with Crippen molar-refractivity contribution >= 4 is 27.4 Å². The molecule has 0 aliphatic rings. The molecule has 3 aromatic rings. The van der Waals surface area contributed by atoms with Gasteiger partial charge in [0.15, 0.2) is 0 Å². The van der Waals surface area contributed by atoms with Crippen molar-refractivity contribution in [1.29, 1.82) is 0 Å². The molecule has 0 fully saturated rings. The van der Waals surface area contributed by atoms with Gasteiger partial charge in [0, 0.05) is 11.8 Å². The zero-order chi connectivity index (χ0) is 11.8. The summed E-state index contributed by atoms with van der Waals surface area (Å²) in [6, 6.07) is 8.90. The summed E-state index contributed by atoms with van der Waals surface area (Å²) in [5.41, 5.74) is 7.64. The topological polar surface area (TPSA) is 72.0 Å². The molecular formula is C12H9N3OS. The van der Waals surface area contributed by atoms with Gasteiger partial charge in [-0.25, -0.2) is 9.97 Å². The quantitative estimate of drug-likeness (QED) is 0.509. The number of nitrogens with two attached hydrogens (primary N) is 1. The van der Waals surface area contributed by atoms with E-state index < -0.39 is 0 Å². The number of pyridine rings is 1. The summed E-state index contributed by atoms with van der Waals surface area (Å²) >= 11 is 1.49. The maximum atomic E-state index is 9.57. The van der Waals surface area contributed by atoms with Crippen LogP contribution in [0.4, 0.5) is 5.69 Å². The smallest absolute Gasteiger partial charge is 0.143 e. The van der Waals surface area contributed by atoms with E-state index in [0.717, 1.165) is 20.9 Å². The van der Waals surface area contributed by atoms with Crippen LogP contribution in [0.5, 0.6) is 5.75 Å². The minimum absolute atomic E-state index is 0.0784. The molecule has 0 radical (unpaired) electrons. The van der Waals surface area contributed by atoms with Crippen LogP contribution in [0.25, 0.3) is 20.9 Å². The Balaban J connectivity index is 2.17. The predicted octanol–water partition coefficient (Wildman–Crippen LogP) is 2.65. The van der Waals surface area contributed by atoms with Crippen molar-refractivity contribution in [3.63, 3.8) is 0 Å². The van der Waals surface area contributed by atoms with E-state index in [1.807, 2.05) is 18.2 Å². The third kappa shape index (κ3) is 1.70. The number of aromatic nitrogens is 2. The van der Waals surface area contributed by atoms with E-state index in [-0.39, 0.29) is 5.75 Å². The van der Waals surface area contributed by atoms with Gasteiger partial charge < -0.3 is 10.8 Å². The molecule has 2 heterocycles. The van der Waals surface area contributed by atoms with Gasteiger partial charge in [-0.1, -0.05) is 11.3 Å². The molecule has 0 aliphatic carbocycles. The number of fused-ring (bicyclic) bond motifs is 1. The van der Waals surface area contributed by atoms with Gasteiger partial charge in [0.05, 0.1) is 5.69 Å². The van der Waals surface area contributed by atoms with Crippen LogP contribution in [0.3, 0.4) is 0 Å². The molecule has 3 rings (SSSR count). The van der Waals surface area contributed by atoms with Gasteiger partial charge in [0.25, 0.3) is 0 Å². The first-order chi connectivity index (χ1) is 8.24. The number of nitrogens with zero attached hydrogens (tertiary/aromatic N) is 2. The van der Waals surface area contributed by atoms with Gasteiger partial charge in [0.1, 0.15) is 21.1 Å². The van der Waals surface area contributed by atoms with Gasteiger partial charge in [-0.05, 0) is 30.3 Å². The highest BCUT2D eigenvalue weighted by Crippen LogP contribution is 2.32. The number of phenols is 1. The lowest BCUT2D eigenvalue weighted by Gasteiger charge is -2.00. The summed E-state index contributed by atoms with van der Waals surface area (Å²) in [5, 5.41) is 10.4. The van der Waals surface area contributed by atoms with Crippen molar-refractivity contribution in [2.75, 3.05) is 5.73 Å². The Labute approximate surface area is 101 Å². The van der Waals surface area contributed by atoms with Crippen molar-refractivity contribution in [1.82, 2.24) is 9.97 Å². The largest absolute Gasteiger partial charge is 0.506 e. The molecule has 0 amide bonds. The minimum atomic E-state index is 0.0784. The maximum Gasteiger partial charge on any atom is 0.143 e. The Morgan fingerprint density at radius 1 is 1.24 bits per heavy atom. The second kappa shape index (κ2) is 3.71. The second-order valence-corrected chi connectivity index (χ2v) is 4.60. The summed E-state index contributed by atoms with van der Waals surface area (Å²) in [5.74, 6) is 0.0784. The van der Waals surface area contributed by atoms with Crippen LogP contribution in [-0.4, -0.2) is 15.1 Å². The molecule has 84 valence electrons. The molecule has 1 aromatic carbocycles. The van der Waals surface area contributed by atoms with E-state index in [1.165, 1.54) is 11.3 Å². The first-order valence-electron chi connectivity index (χ1n) is 5.04. The van der Waals surface area contributed by atoms with Gasteiger partial charge in [0.2, 0.25) is 0 Å². The average Bonchev–Trinajstić information content (AvgIpc) is 2.76. The molecule has 0 bridgehead atoms. The summed E-state index contributed by atoms with van der Waals surface area (Å²) in [6.45, 7) is 0. The van der Waals surface area contributed by atoms with Crippen molar-refractivity contribution in [3.8, 4) is 16.3 Å². The van der Waals surface area contributed by atoms with Gasteiger partial charge in [-0.3, -0.25) is 0 Å². The van der Waals surface area contributed by atoms with Crippen LogP contribution < -0.4 is 5.73 Å². The third-order valence-corrected chi connectivity index (χ3v) is 3.47.